The second kappa shape index (κ2) is 6.09. The average molecular weight is 358 g/mol. The number of imidazole rings is 1. The second-order valence-electron chi connectivity index (χ2n) is 7.00. The van der Waals surface area contributed by atoms with Gasteiger partial charge in [0.05, 0.1) is 12.0 Å². The molecule has 0 saturated heterocycles. The predicted molar refractivity (Wildman–Crippen MR) is 104 cm³/mol. The Labute approximate surface area is 154 Å². The number of pyridine rings is 1. The zero-order chi connectivity index (χ0) is 18.4. The highest BCUT2D eigenvalue weighted by Gasteiger charge is 2.22. The van der Waals surface area contributed by atoms with Crippen LogP contribution in [0.2, 0.25) is 0 Å². The van der Waals surface area contributed by atoms with Gasteiger partial charge in [-0.25, -0.2) is 4.98 Å². The Morgan fingerprint density at radius 1 is 1.11 bits per heavy atom. The summed E-state index contributed by atoms with van der Waals surface area (Å²) in [7, 11) is 0. The van der Waals surface area contributed by atoms with Crippen molar-refractivity contribution in [2.45, 2.75) is 25.3 Å². The van der Waals surface area contributed by atoms with Gasteiger partial charge in [0.15, 0.2) is 5.43 Å². The van der Waals surface area contributed by atoms with E-state index in [4.69, 9.17) is 0 Å². The molecule has 2 aromatic heterocycles. The summed E-state index contributed by atoms with van der Waals surface area (Å²) in [6, 6.07) is 12.7. The first-order valence-corrected chi connectivity index (χ1v) is 9.06. The molecular formula is C21H18N4O2. The van der Waals surface area contributed by atoms with E-state index in [0.717, 1.165) is 41.7 Å². The molecule has 134 valence electrons. The fourth-order valence-corrected chi connectivity index (χ4v) is 3.86. The number of hydrogen-bond acceptors (Lipinski definition) is 3. The van der Waals surface area contributed by atoms with Crippen molar-refractivity contribution >= 4 is 27.7 Å². The van der Waals surface area contributed by atoms with Crippen molar-refractivity contribution in [2.75, 3.05) is 0 Å². The number of nitrogens with one attached hydrogen (secondary N) is 3. The number of carbonyl (C=O) groups excluding carboxylic acids is 1. The highest BCUT2D eigenvalue weighted by atomic mass is 16.1. The van der Waals surface area contributed by atoms with Crippen molar-refractivity contribution in [2.24, 2.45) is 0 Å². The van der Waals surface area contributed by atoms with Crippen molar-refractivity contribution in [1.82, 2.24) is 20.3 Å². The van der Waals surface area contributed by atoms with Crippen LogP contribution in [0.25, 0.3) is 21.8 Å². The van der Waals surface area contributed by atoms with Crippen molar-refractivity contribution in [3.63, 3.8) is 0 Å². The Morgan fingerprint density at radius 2 is 1.96 bits per heavy atom. The number of benzene rings is 2. The van der Waals surface area contributed by atoms with Gasteiger partial charge in [0.25, 0.3) is 5.91 Å². The monoisotopic (exact) mass is 358 g/mol. The Hall–Kier alpha value is -3.41. The smallest absolute Gasteiger partial charge is 0.251 e. The molecule has 3 N–H and O–H groups in total. The summed E-state index contributed by atoms with van der Waals surface area (Å²) in [6.45, 7) is 0. The number of amides is 1. The van der Waals surface area contributed by atoms with Crippen LogP contribution in [-0.4, -0.2) is 26.9 Å². The van der Waals surface area contributed by atoms with Crippen LogP contribution in [0.5, 0.6) is 0 Å². The van der Waals surface area contributed by atoms with Crippen LogP contribution >= 0.6 is 0 Å². The van der Waals surface area contributed by atoms with Gasteiger partial charge in [-0.1, -0.05) is 12.1 Å². The highest BCUT2D eigenvalue weighted by molar-refractivity contribution is 6.00. The molecule has 27 heavy (non-hydrogen) atoms. The molecule has 2 heterocycles. The number of carbonyl (C=O) groups is 1. The molecule has 0 fully saturated rings. The summed E-state index contributed by atoms with van der Waals surface area (Å²) < 4.78 is 0. The summed E-state index contributed by atoms with van der Waals surface area (Å²) >= 11 is 0. The van der Waals surface area contributed by atoms with Crippen molar-refractivity contribution in [3.8, 4) is 0 Å². The summed E-state index contributed by atoms with van der Waals surface area (Å²) in [5.41, 5.74) is 4.14. The Bertz CT molecular complexity index is 1240. The Kier molecular flexibility index (Phi) is 3.57. The lowest BCUT2D eigenvalue weighted by atomic mass is 9.95. The van der Waals surface area contributed by atoms with Crippen LogP contribution in [-0.2, 0) is 12.8 Å². The van der Waals surface area contributed by atoms with Gasteiger partial charge in [-0.2, -0.15) is 0 Å². The number of aromatic amines is 2. The number of H-pyrrole nitrogens is 2. The van der Waals surface area contributed by atoms with E-state index in [1.807, 2.05) is 18.2 Å². The van der Waals surface area contributed by atoms with E-state index in [-0.39, 0.29) is 17.4 Å². The van der Waals surface area contributed by atoms with Crippen molar-refractivity contribution in [1.29, 1.82) is 0 Å². The van der Waals surface area contributed by atoms with E-state index in [9.17, 15) is 9.59 Å². The number of para-hydroxylation sites is 1. The minimum Gasteiger partial charge on any atom is -0.354 e. The van der Waals surface area contributed by atoms with Crippen LogP contribution < -0.4 is 10.7 Å². The Balaban J connectivity index is 1.46. The van der Waals surface area contributed by atoms with E-state index in [1.165, 1.54) is 0 Å². The normalized spacial score (nSPS) is 16.4. The molecule has 1 atom stereocenters. The zero-order valence-corrected chi connectivity index (χ0v) is 14.6. The van der Waals surface area contributed by atoms with Gasteiger partial charge >= 0.3 is 0 Å². The van der Waals surface area contributed by atoms with Gasteiger partial charge in [0.2, 0.25) is 0 Å². The maximum atomic E-state index is 12.8. The average Bonchev–Trinajstić information content (AvgIpc) is 3.16. The number of hydrogen-bond donors (Lipinski definition) is 3. The summed E-state index contributed by atoms with van der Waals surface area (Å²) in [4.78, 5) is 36.2. The molecule has 1 aliphatic carbocycles. The molecule has 0 spiro atoms. The predicted octanol–water partition coefficient (Wildman–Crippen LogP) is 2.69. The third-order valence-electron chi connectivity index (χ3n) is 5.29. The molecule has 1 amide bonds. The molecule has 6 nitrogen and oxygen atoms in total. The molecule has 1 aliphatic rings. The fraction of sp³-hybridized carbons (Fsp3) is 0.190. The van der Waals surface area contributed by atoms with E-state index in [2.05, 4.69) is 20.3 Å². The summed E-state index contributed by atoms with van der Waals surface area (Å²) in [6.07, 6.45) is 4.17. The number of aromatic nitrogens is 3. The van der Waals surface area contributed by atoms with Crippen LogP contribution in [0.3, 0.4) is 0 Å². The van der Waals surface area contributed by atoms with Gasteiger partial charge < -0.3 is 15.3 Å². The molecule has 1 unspecified atom stereocenters. The fourth-order valence-electron chi connectivity index (χ4n) is 3.86. The van der Waals surface area contributed by atoms with Crippen LogP contribution in [0, 0.1) is 0 Å². The van der Waals surface area contributed by atoms with Gasteiger partial charge in [-0.05, 0) is 43.2 Å². The van der Waals surface area contributed by atoms with E-state index in [0.29, 0.717) is 16.3 Å². The molecule has 0 bridgehead atoms. The summed E-state index contributed by atoms with van der Waals surface area (Å²) in [5.74, 6) is -0.155. The largest absolute Gasteiger partial charge is 0.354 e. The number of nitrogens with zero attached hydrogens (tertiary/aromatic N) is 1. The number of fused-ring (bicyclic) bond motifs is 3. The van der Waals surface area contributed by atoms with Crippen LogP contribution in [0.4, 0.5) is 0 Å². The van der Waals surface area contributed by atoms with Gasteiger partial charge in [0, 0.05) is 45.5 Å². The van der Waals surface area contributed by atoms with Gasteiger partial charge in [0.1, 0.15) is 0 Å². The molecule has 0 saturated carbocycles. The quantitative estimate of drug-likeness (QED) is 0.481. The van der Waals surface area contributed by atoms with E-state index >= 15 is 0 Å². The molecule has 2 aromatic carbocycles. The molecular weight excluding hydrogens is 340 g/mol. The minimum absolute atomic E-state index is 0.0613. The SMILES string of the molecule is O=C(NC1CCc2nc[nH]c2C1)c1ccc2[nH]c3ccccc3c(=O)c2c1. The molecule has 0 aliphatic heterocycles. The van der Waals surface area contributed by atoms with Crippen molar-refractivity contribution < 1.29 is 4.79 Å². The number of aryl methyl sites for hydroxylation is 1. The lowest BCUT2D eigenvalue weighted by Crippen LogP contribution is -2.38. The topological polar surface area (TPSA) is 90.6 Å². The van der Waals surface area contributed by atoms with Gasteiger partial charge in [-0.3, -0.25) is 9.59 Å². The lowest BCUT2D eigenvalue weighted by Gasteiger charge is -2.22. The third kappa shape index (κ3) is 2.70. The first kappa shape index (κ1) is 15.8. The lowest BCUT2D eigenvalue weighted by molar-refractivity contribution is 0.0933. The first-order valence-electron chi connectivity index (χ1n) is 9.06. The first-order chi connectivity index (χ1) is 13.2. The summed E-state index contributed by atoms with van der Waals surface area (Å²) in [5, 5.41) is 4.24. The minimum atomic E-state index is -0.155. The van der Waals surface area contributed by atoms with E-state index < -0.39 is 0 Å². The second-order valence-corrected chi connectivity index (χ2v) is 7.00. The number of rotatable bonds is 2. The molecule has 4 aromatic rings. The van der Waals surface area contributed by atoms with Crippen LogP contribution in [0.15, 0.2) is 53.6 Å². The van der Waals surface area contributed by atoms with E-state index in [1.54, 1.807) is 30.6 Å². The van der Waals surface area contributed by atoms with Crippen molar-refractivity contribution in [3.05, 3.63) is 76.0 Å². The standard InChI is InChI=1S/C21H18N4O2/c26-20-14-3-1-2-4-16(14)25-17-7-5-12(9-15(17)20)21(27)24-13-6-8-18-19(10-13)23-11-22-18/h1-5,7,9,11,13H,6,8,10H2,(H,22,23)(H,24,27)(H,25,26). The molecule has 5 rings (SSSR count). The molecule has 6 heteroatoms. The third-order valence-corrected chi connectivity index (χ3v) is 5.29. The van der Waals surface area contributed by atoms with Gasteiger partial charge in [-0.15, -0.1) is 0 Å². The van der Waals surface area contributed by atoms with Crippen LogP contribution in [0.1, 0.15) is 28.2 Å². The maximum absolute atomic E-state index is 12.8. The Morgan fingerprint density at radius 3 is 2.89 bits per heavy atom. The molecule has 0 radical (unpaired) electrons. The maximum Gasteiger partial charge on any atom is 0.251 e. The zero-order valence-electron chi connectivity index (χ0n) is 14.6. The highest BCUT2D eigenvalue weighted by Crippen LogP contribution is 2.19.